The van der Waals surface area contributed by atoms with E-state index in [2.05, 4.69) is 50.4 Å². The zero-order chi connectivity index (χ0) is 25.9. The van der Waals surface area contributed by atoms with Gasteiger partial charge in [-0.15, -0.1) is 0 Å². The molecule has 0 N–H and O–H groups in total. The lowest BCUT2D eigenvalue weighted by atomic mass is 10.1. The highest BCUT2D eigenvalue weighted by atomic mass is 79.9. The molecule has 1 aliphatic rings. The van der Waals surface area contributed by atoms with Crippen LogP contribution in [0.1, 0.15) is 5.56 Å². The topological polar surface area (TPSA) is 46.4 Å². The molecule has 0 bridgehead atoms. The van der Waals surface area contributed by atoms with Crippen molar-refractivity contribution in [1.29, 1.82) is 0 Å². The molecule has 2 aromatic heterocycles. The summed E-state index contributed by atoms with van der Waals surface area (Å²) in [6.07, 6.45) is -0.825. The largest absolute Gasteiger partial charge is 0.416 e. The summed E-state index contributed by atoms with van der Waals surface area (Å²) in [6, 6.07) is 10.3. The number of imidazole rings is 1. The first-order chi connectivity index (χ1) is 17.0. The lowest BCUT2D eigenvalue weighted by molar-refractivity contribution is -0.137. The molecule has 1 saturated heterocycles. The van der Waals surface area contributed by atoms with Crippen LogP contribution in [0.2, 0.25) is 25.7 Å². The van der Waals surface area contributed by atoms with Crippen molar-refractivity contribution in [2.45, 2.75) is 38.6 Å². The lowest BCUT2D eigenvalue weighted by Crippen LogP contribution is -2.47. The minimum atomic E-state index is -4.40. The molecule has 1 aliphatic heterocycles. The van der Waals surface area contributed by atoms with Gasteiger partial charge in [0.05, 0.1) is 11.3 Å². The number of piperazine rings is 1. The second-order valence-corrected chi connectivity index (χ2v) is 16.7. The molecule has 0 amide bonds. The van der Waals surface area contributed by atoms with Crippen LogP contribution < -0.4 is 9.80 Å². The van der Waals surface area contributed by atoms with Crippen LogP contribution >= 0.6 is 15.9 Å². The van der Waals surface area contributed by atoms with Crippen molar-refractivity contribution in [3.63, 3.8) is 0 Å². The molecule has 0 saturated carbocycles. The molecule has 0 spiro atoms. The summed E-state index contributed by atoms with van der Waals surface area (Å²) in [4.78, 5) is 13.6. The van der Waals surface area contributed by atoms with Crippen LogP contribution in [0, 0.1) is 0 Å². The summed E-state index contributed by atoms with van der Waals surface area (Å²) in [5.41, 5.74) is 0.254. The molecule has 3 aromatic rings. The number of pyridine rings is 1. The van der Waals surface area contributed by atoms with Crippen LogP contribution in [0.3, 0.4) is 0 Å². The molecule has 0 atom stereocenters. The van der Waals surface area contributed by atoms with E-state index in [1.165, 1.54) is 6.07 Å². The maximum Gasteiger partial charge on any atom is 0.416 e. The number of halogens is 4. The number of benzene rings is 1. The van der Waals surface area contributed by atoms with E-state index < -0.39 is 19.8 Å². The summed E-state index contributed by atoms with van der Waals surface area (Å²) < 4.78 is 48.7. The smallest absolute Gasteiger partial charge is 0.361 e. The number of rotatable bonds is 8. The monoisotopic (exact) mass is 581 g/mol. The second-order valence-electron chi connectivity index (χ2n) is 10.1. The van der Waals surface area contributed by atoms with Crippen molar-refractivity contribution in [3.8, 4) is 11.3 Å². The molecule has 194 valence electrons. The second kappa shape index (κ2) is 10.9. The summed E-state index contributed by atoms with van der Waals surface area (Å²) in [5, 5.41) is 0. The van der Waals surface area contributed by atoms with Gasteiger partial charge in [0.2, 0.25) is 5.95 Å². The fourth-order valence-corrected chi connectivity index (χ4v) is 4.97. The number of hydrogen-bond acceptors (Lipinski definition) is 5. The molecule has 1 fully saturated rings. The highest BCUT2D eigenvalue weighted by molar-refractivity contribution is 9.10. The zero-order valence-corrected chi connectivity index (χ0v) is 23.3. The average molecular weight is 583 g/mol. The minimum absolute atomic E-state index is 0.306. The van der Waals surface area contributed by atoms with E-state index in [1.807, 2.05) is 16.7 Å². The van der Waals surface area contributed by atoms with Gasteiger partial charge in [-0.25, -0.2) is 9.97 Å². The minimum Gasteiger partial charge on any atom is -0.361 e. The third-order valence-corrected chi connectivity index (χ3v) is 8.24. The number of anilines is 2. The van der Waals surface area contributed by atoms with Gasteiger partial charge in [0.25, 0.3) is 0 Å². The highest BCUT2D eigenvalue weighted by Gasteiger charge is 2.31. The highest BCUT2D eigenvalue weighted by Crippen LogP contribution is 2.33. The van der Waals surface area contributed by atoms with Crippen LogP contribution in [0.15, 0.2) is 53.3 Å². The van der Waals surface area contributed by atoms with E-state index in [0.29, 0.717) is 43.6 Å². The Labute approximate surface area is 219 Å². The van der Waals surface area contributed by atoms with Crippen LogP contribution in [0.5, 0.6) is 0 Å². The Morgan fingerprint density at radius 3 is 2.39 bits per heavy atom. The van der Waals surface area contributed by atoms with E-state index in [9.17, 15) is 13.2 Å². The molecule has 4 rings (SSSR count). The Hall–Kier alpha value is -2.37. The lowest BCUT2D eigenvalue weighted by Gasteiger charge is -2.36. The van der Waals surface area contributed by atoms with Crippen LogP contribution in [-0.4, -0.2) is 55.4 Å². The van der Waals surface area contributed by atoms with E-state index in [-0.39, 0.29) is 0 Å². The van der Waals surface area contributed by atoms with Gasteiger partial charge in [-0.3, -0.25) is 4.57 Å². The molecule has 0 aliphatic carbocycles. The summed E-state index contributed by atoms with van der Waals surface area (Å²) >= 11 is 3.42. The quantitative estimate of drug-likeness (QED) is 0.228. The molecule has 6 nitrogen and oxygen atoms in total. The van der Waals surface area contributed by atoms with Gasteiger partial charge in [-0.05, 0) is 46.2 Å². The van der Waals surface area contributed by atoms with E-state index >= 15 is 0 Å². The van der Waals surface area contributed by atoms with Gasteiger partial charge in [-0.1, -0.05) is 31.8 Å². The normalized spacial score (nSPS) is 15.0. The van der Waals surface area contributed by atoms with Gasteiger partial charge in [0.15, 0.2) is 0 Å². The predicted octanol–water partition coefficient (Wildman–Crippen LogP) is 6.37. The fourth-order valence-electron chi connectivity index (χ4n) is 3.98. The maximum absolute atomic E-state index is 13.3. The number of hydrogen-bond donors (Lipinski definition) is 0. The molecule has 0 radical (unpaired) electrons. The molecular formula is C25H31BrF3N5OSi. The fraction of sp³-hybridized carbons (Fsp3) is 0.440. The third-order valence-electron chi connectivity index (χ3n) is 6.07. The summed E-state index contributed by atoms with van der Waals surface area (Å²) in [5.74, 6) is 1.62. The van der Waals surface area contributed by atoms with E-state index in [1.54, 1.807) is 18.5 Å². The first-order valence-electron chi connectivity index (χ1n) is 11.9. The van der Waals surface area contributed by atoms with Gasteiger partial charge in [0.1, 0.15) is 12.5 Å². The molecule has 0 unspecified atom stereocenters. The first-order valence-corrected chi connectivity index (χ1v) is 16.4. The summed E-state index contributed by atoms with van der Waals surface area (Å²) in [7, 11) is -1.24. The van der Waals surface area contributed by atoms with Crippen molar-refractivity contribution in [1.82, 2.24) is 14.5 Å². The van der Waals surface area contributed by atoms with E-state index in [4.69, 9.17) is 9.72 Å². The molecule has 36 heavy (non-hydrogen) atoms. The number of nitrogens with zero attached hydrogens (tertiary/aromatic N) is 5. The van der Waals surface area contributed by atoms with Crippen molar-refractivity contribution in [2.75, 3.05) is 42.6 Å². The van der Waals surface area contributed by atoms with Crippen molar-refractivity contribution >= 4 is 35.8 Å². The molecule has 11 heteroatoms. The van der Waals surface area contributed by atoms with E-state index in [0.717, 1.165) is 41.6 Å². The molecule has 1 aromatic carbocycles. The number of ether oxygens (including phenoxy) is 1. The van der Waals surface area contributed by atoms with Crippen molar-refractivity contribution < 1.29 is 17.9 Å². The summed E-state index contributed by atoms with van der Waals surface area (Å²) in [6.45, 7) is 10.8. The Morgan fingerprint density at radius 1 is 1.03 bits per heavy atom. The Balaban J connectivity index is 1.54. The van der Waals surface area contributed by atoms with Gasteiger partial charge < -0.3 is 14.5 Å². The van der Waals surface area contributed by atoms with Crippen LogP contribution in [0.25, 0.3) is 11.3 Å². The number of alkyl halides is 3. The van der Waals surface area contributed by atoms with Crippen molar-refractivity contribution in [3.05, 3.63) is 58.8 Å². The Morgan fingerprint density at radius 2 is 1.75 bits per heavy atom. The van der Waals surface area contributed by atoms with Gasteiger partial charge in [-0.2, -0.15) is 13.2 Å². The average Bonchev–Trinajstić information content (AvgIpc) is 3.26. The van der Waals surface area contributed by atoms with Crippen molar-refractivity contribution in [2.24, 2.45) is 0 Å². The zero-order valence-electron chi connectivity index (χ0n) is 20.7. The van der Waals surface area contributed by atoms with Gasteiger partial charge >= 0.3 is 6.18 Å². The Bertz CT molecular complexity index is 1160. The molecular weight excluding hydrogens is 551 g/mol. The predicted molar refractivity (Wildman–Crippen MR) is 143 cm³/mol. The molecule has 3 heterocycles. The standard InChI is InChI=1S/C25H31BrF3N5OSi/c1-36(2,3)14-13-35-18-34-17-22(19-5-4-6-20(15-19)25(27,28)29)31-24(34)33-11-9-32(10-12-33)23-8-7-21(26)16-30-23/h4-8,15-17H,9-14,18H2,1-3H3. The third kappa shape index (κ3) is 6.89. The SMILES string of the molecule is C[Si](C)(C)CCOCn1cc(-c2cccc(C(F)(F)F)c2)nc1N1CCN(c2ccc(Br)cn2)CC1. The maximum atomic E-state index is 13.3. The van der Waals surface area contributed by atoms with Gasteiger partial charge in [0, 0.05) is 63.3 Å². The Kier molecular flexibility index (Phi) is 8.11. The number of aromatic nitrogens is 3. The first kappa shape index (κ1) is 26.7. The van der Waals surface area contributed by atoms with Crippen LogP contribution in [-0.2, 0) is 17.6 Å². The van der Waals surface area contributed by atoms with Crippen LogP contribution in [0.4, 0.5) is 24.9 Å².